The van der Waals surface area contributed by atoms with Crippen LogP contribution in [0.4, 0.5) is 0 Å². The summed E-state index contributed by atoms with van der Waals surface area (Å²) in [5.41, 5.74) is 1.34. The molecule has 2 aromatic heterocycles. The quantitative estimate of drug-likeness (QED) is 0.839. The second-order valence-corrected chi connectivity index (χ2v) is 5.39. The Morgan fingerprint density at radius 1 is 1.36 bits per heavy atom. The van der Waals surface area contributed by atoms with Gasteiger partial charge < -0.3 is 9.88 Å². The van der Waals surface area contributed by atoms with E-state index in [9.17, 15) is 4.79 Å². The molecule has 118 valence electrons. The van der Waals surface area contributed by atoms with Crippen LogP contribution in [0.2, 0.25) is 0 Å². The number of carbonyl (C=O) groups is 1. The van der Waals surface area contributed by atoms with Crippen molar-refractivity contribution in [2.75, 3.05) is 6.54 Å². The molecule has 0 saturated heterocycles. The summed E-state index contributed by atoms with van der Waals surface area (Å²) in [5, 5.41) is 10.9. The van der Waals surface area contributed by atoms with Gasteiger partial charge in [0.1, 0.15) is 18.5 Å². The Morgan fingerprint density at radius 2 is 2.18 bits per heavy atom. The van der Waals surface area contributed by atoms with Gasteiger partial charge in [0.2, 0.25) is 0 Å². The first-order valence-corrected chi connectivity index (χ1v) is 7.59. The Kier molecular flexibility index (Phi) is 5.57. The van der Waals surface area contributed by atoms with Gasteiger partial charge in [-0.25, -0.2) is 9.97 Å². The number of hydrogen-bond acceptors (Lipinski definition) is 5. The Bertz CT molecular complexity index is 622. The van der Waals surface area contributed by atoms with Crippen molar-refractivity contribution < 1.29 is 4.79 Å². The lowest BCUT2D eigenvalue weighted by molar-refractivity contribution is 0.0952. The standard InChI is InChI=1S/C15H22N6O/c1-4-5-13-12(8-16-9-18-13)15(22)17-7-6-14-20-19-10-21(14)11(2)3/h8-11H,4-7H2,1-3H3,(H,17,22). The summed E-state index contributed by atoms with van der Waals surface area (Å²) in [6.07, 6.45) is 7.12. The van der Waals surface area contributed by atoms with Crippen LogP contribution in [0.25, 0.3) is 0 Å². The Balaban J connectivity index is 1.94. The molecular formula is C15H22N6O. The summed E-state index contributed by atoms with van der Waals surface area (Å²) >= 11 is 0. The highest BCUT2D eigenvalue weighted by Gasteiger charge is 2.13. The fourth-order valence-corrected chi connectivity index (χ4v) is 2.24. The zero-order valence-electron chi connectivity index (χ0n) is 13.3. The van der Waals surface area contributed by atoms with E-state index >= 15 is 0 Å². The molecule has 0 radical (unpaired) electrons. The summed E-state index contributed by atoms with van der Waals surface area (Å²) in [4.78, 5) is 20.4. The minimum Gasteiger partial charge on any atom is -0.351 e. The molecule has 2 aromatic rings. The number of amides is 1. The Labute approximate surface area is 130 Å². The minimum atomic E-state index is -0.139. The van der Waals surface area contributed by atoms with Gasteiger partial charge in [0.15, 0.2) is 0 Å². The molecule has 0 unspecified atom stereocenters. The molecule has 0 spiro atoms. The highest BCUT2D eigenvalue weighted by Crippen LogP contribution is 2.08. The van der Waals surface area contributed by atoms with Crippen LogP contribution in [-0.4, -0.2) is 37.2 Å². The molecule has 22 heavy (non-hydrogen) atoms. The third kappa shape index (κ3) is 3.87. The Morgan fingerprint density at radius 3 is 2.91 bits per heavy atom. The van der Waals surface area contributed by atoms with Crippen LogP contribution in [0.15, 0.2) is 18.9 Å². The van der Waals surface area contributed by atoms with Crippen molar-refractivity contribution in [3.63, 3.8) is 0 Å². The Hall–Kier alpha value is -2.31. The van der Waals surface area contributed by atoms with E-state index in [0.717, 1.165) is 24.4 Å². The maximum Gasteiger partial charge on any atom is 0.254 e. The van der Waals surface area contributed by atoms with Gasteiger partial charge in [0.05, 0.1) is 11.3 Å². The summed E-state index contributed by atoms with van der Waals surface area (Å²) in [6, 6.07) is 0.305. The molecule has 0 aliphatic carbocycles. The molecule has 0 atom stereocenters. The van der Waals surface area contributed by atoms with Crippen molar-refractivity contribution in [1.29, 1.82) is 0 Å². The molecule has 0 aliphatic rings. The molecular weight excluding hydrogens is 280 g/mol. The zero-order valence-corrected chi connectivity index (χ0v) is 13.3. The number of nitrogens with zero attached hydrogens (tertiary/aromatic N) is 5. The van der Waals surface area contributed by atoms with Crippen molar-refractivity contribution in [2.45, 2.75) is 46.1 Å². The maximum absolute atomic E-state index is 12.3. The molecule has 0 aromatic carbocycles. The number of rotatable bonds is 7. The number of aryl methyl sites for hydroxylation is 1. The lowest BCUT2D eigenvalue weighted by atomic mass is 10.1. The molecule has 7 heteroatoms. The van der Waals surface area contributed by atoms with E-state index < -0.39 is 0 Å². The van der Waals surface area contributed by atoms with Crippen LogP contribution in [0.3, 0.4) is 0 Å². The van der Waals surface area contributed by atoms with Gasteiger partial charge in [-0.2, -0.15) is 0 Å². The summed E-state index contributed by atoms with van der Waals surface area (Å²) in [5.74, 6) is 0.730. The van der Waals surface area contributed by atoms with E-state index in [0.29, 0.717) is 24.6 Å². The summed E-state index contributed by atoms with van der Waals surface area (Å²) < 4.78 is 2.00. The smallest absolute Gasteiger partial charge is 0.254 e. The second kappa shape index (κ2) is 7.63. The van der Waals surface area contributed by atoms with Crippen molar-refractivity contribution in [3.05, 3.63) is 35.9 Å². The number of aromatic nitrogens is 5. The van der Waals surface area contributed by atoms with Gasteiger partial charge in [0.25, 0.3) is 5.91 Å². The van der Waals surface area contributed by atoms with Crippen LogP contribution < -0.4 is 5.32 Å². The van der Waals surface area contributed by atoms with Crippen molar-refractivity contribution in [2.24, 2.45) is 0 Å². The first-order valence-electron chi connectivity index (χ1n) is 7.59. The monoisotopic (exact) mass is 302 g/mol. The van der Waals surface area contributed by atoms with E-state index in [-0.39, 0.29) is 5.91 Å². The van der Waals surface area contributed by atoms with Crippen molar-refractivity contribution in [3.8, 4) is 0 Å². The predicted molar refractivity (Wildman–Crippen MR) is 82.5 cm³/mol. The van der Waals surface area contributed by atoms with Gasteiger partial charge in [-0.15, -0.1) is 10.2 Å². The lowest BCUT2D eigenvalue weighted by Gasteiger charge is -2.11. The first kappa shape index (κ1) is 16.1. The van der Waals surface area contributed by atoms with Crippen LogP contribution in [-0.2, 0) is 12.8 Å². The van der Waals surface area contributed by atoms with Gasteiger partial charge in [-0.1, -0.05) is 13.3 Å². The molecule has 2 heterocycles. The van der Waals surface area contributed by atoms with Gasteiger partial charge in [-0.3, -0.25) is 4.79 Å². The van der Waals surface area contributed by atoms with Gasteiger partial charge in [0, 0.05) is 25.2 Å². The molecule has 0 bridgehead atoms. The van der Waals surface area contributed by atoms with Gasteiger partial charge in [-0.05, 0) is 20.3 Å². The average molecular weight is 302 g/mol. The number of carbonyl (C=O) groups excluding carboxylic acids is 1. The fourth-order valence-electron chi connectivity index (χ4n) is 2.24. The molecule has 0 fully saturated rings. The fraction of sp³-hybridized carbons (Fsp3) is 0.533. The normalized spacial score (nSPS) is 10.9. The summed E-state index contributed by atoms with van der Waals surface area (Å²) in [7, 11) is 0. The third-order valence-electron chi connectivity index (χ3n) is 3.36. The van der Waals surface area contributed by atoms with Crippen LogP contribution in [0.1, 0.15) is 55.1 Å². The molecule has 1 amide bonds. The molecule has 1 N–H and O–H groups in total. The van der Waals surface area contributed by atoms with E-state index in [1.54, 1.807) is 12.5 Å². The third-order valence-corrected chi connectivity index (χ3v) is 3.36. The molecule has 2 rings (SSSR count). The molecule has 0 saturated carbocycles. The van der Waals surface area contributed by atoms with Crippen LogP contribution >= 0.6 is 0 Å². The number of nitrogens with one attached hydrogen (secondary N) is 1. The zero-order chi connectivity index (χ0) is 15.9. The van der Waals surface area contributed by atoms with Crippen LogP contribution in [0.5, 0.6) is 0 Å². The SMILES string of the molecule is CCCc1ncncc1C(=O)NCCc1nncn1C(C)C. The lowest BCUT2D eigenvalue weighted by Crippen LogP contribution is -2.28. The maximum atomic E-state index is 12.3. The first-order chi connectivity index (χ1) is 10.6. The van der Waals surface area contributed by atoms with Crippen molar-refractivity contribution >= 4 is 5.91 Å². The van der Waals surface area contributed by atoms with Crippen molar-refractivity contribution in [1.82, 2.24) is 30.0 Å². The average Bonchev–Trinajstić information content (AvgIpc) is 2.97. The van der Waals surface area contributed by atoms with E-state index in [4.69, 9.17) is 0 Å². The second-order valence-electron chi connectivity index (χ2n) is 5.39. The van der Waals surface area contributed by atoms with Crippen LogP contribution in [0, 0.1) is 0 Å². The minimum absolute atomic E-state index is 0.139. The van der Waals surface area contributed by atoms with E-state index in [2.05, 4.69) is 46.3 Å². The largest absolute Gasteiger partial charge is 0.351 e. The highest BCUT2D eigenvalue weighted by atomic mass is 16.1. The highest BCUT2D eigenvalue weighted by molar-refractivity contribution is 5.94. The van der Waals surface area contributed by atoms with Gasteiger partial charge >= 0.3 is 0 Å². The summed E-state index contributed by atoms with van der Waals surface area (Å²) in [6.45, 7) is 6.71. The number of hydrogen-bond donors (Lipinski definition) is 1. The van der Waals surface area contributed by atoms with E-state index in [1.807, 2.05) is 4.57 Å². The molecule has 7 nitrogen and oxygen atoms in total. The predicted octanol–water partition coefficient (Wildman–Crippen LogP) is 1.57. The topological polar surface area (TPSA) is 85.6 Å². The molecule has 0 aliphatic heterocycles. The van der Waals surface area contributed by atoms with E-state index in [1.165, 1.54) is 6.33 Å².